The minimum absolute atomic E-state index is 0.0636. The highest BCUT2D eigenvalue weighted by molar-refractivity contribution is 7.92. The van der Waals surface area contributed by atoms with Gasteiger partial charge in [0.05, 0.1) is 24.2 Å². The minimum Gasteiger partial charge on any atom is -0.490 e. The van der Waals surface area contributed by atoms with E-state index in [9.17, 15) is 17.6 Å². The molecule has 0 fully saturated rings. The maximum absolute atomic E-state index is 13.1. The molecule has 180 valence electrons. The number of hydrogen-bond donors (Lipinski definition) is 2. The molecule has 0 aromatic heterocycles. The molecule has 0 aliphatic heterocycles. The Kier molecular flexibility index (Phi) is 8.12. The van der Waals surface area contributed by atoms with Gasteiger partial charge in [-0.15, -0.1) is 0 Å². The van der Waals surface area contributed by atoms with Crippen molar-refractivity contribution in [1.29, 1.82) is 0 Å². The van der Waals surface area contributed by atoms with Gasteiger partial charge in [0.25, 0.3) is 15.9 Å². The van der Waals surface area contributed by atoms with Crippen LogP contribution in [0, 0.1) is 5.82 Å². The molecular formula is C25H27FN2O5S. The second kappa shape index (κ2) is 11.0. The van der Waals surface area contributed by atoms with E-state index in [1.165, 1.54) is 36.4 Å². The lowest BCUT2D eigenvalue weighted by atomic mass is 10.1. The fourth-order valence-corrected chi connectivity index (χ4v) is 4.28. The Bertz CT molecular complexity index is 1230. The summed E-state index contributed by atoms with van der Waals surface area (Å²) < 4.78 is 51.6. The maximum Gasteiger partial charge on any atom is 0.261 e. The molecule has 0 spiro atoms. The Morgan fingerprint density at radius 3 is 2.15 bits per heavy atom. The van der Waals surface area contributed by atoms with Crippen LogP contribution in [0.15, 0.2) is 71.6 Å². The van der Waals surface area contributed by atoms with Crippen molar-refractivity contribution in [1.82, 2.24) is 5.32 Å². The average molecular weight is 487 g/mol. The van der Waals surface area contributed by atoms with Crippen molar-refractivity contribution in [2.75, 3.05) is 17.9 Å². The van der Waals surface area contributed by atoms with E-state index >= 15 is 0 Å². The summed E-state index contributed by atoms with van der Waals surface area (Å²) in [6.07, 6.45) is 0. The predicted molar refractivity (Wildman–Crippen MR) is 128 cm³/mol. The fraction of sp³-hybridized carbons (Fsp3) is 0.240. The zero-order valence-corrected chi connectivity index (χ0v) is 20.0. The molecule has 34 heavy (non-hydrogen) atoms. The molecule has 0 aliphatic carbocycles. The SMILES string of the molecule is CCOc1ccc([C@@H](C)NC(=O)c2ccc(NS(=O)(=O)c3ccc(F)cc3)cc2)cc1OCC. The van der Waals surface area contributed by atoms with E-state index in [1.807, 2.05) is 39.0 Å². The second-order valence-corrected chi connectivity index (χ2v) is 9.09. The first-order valence-electron chi connectivity index (χ1n) is 10.8. The van der Waals surface area contributed by atoms with Gasteiger partial charge in [-0.25, -0.2) is 12.8 Å². The van der Waals surface area contributed by atoms with Crippen LogP contribution in [0.4, 0.5) is 10.1 Å². The summed E-state index contributed by atoms with van der Waals surface area (Å²) in [6.45, 7) is 6.64. The van der Waals surface area contributed by atoms with E-state index in [4.69, 9.17) is 9.47 Å². The summed E-state index contributed by atoms with van der Waals surface area (Å²) in [7, 11) is -3.87. The third-order valence-corrected chi connectivity index (χ3v) is 6.34. The van der Waals surface area contributed by atoms with Gasteiger partial charge < -0.3 is 14.8 Å². The molecule has 3 aromatic carbocycles. The van der Waals surface area contributed by atoms with Gasteiger partial charge in [-0.05, 0) is 87.0 Å². The molecule has 0 aliphatic rings. The topological polar surface area (TPSA) is 93.7 Å². The molecule has 1 amide bonds. The summed E-state index contributed by atoms with van der Waals surface area (Å²) in [5.74, 6) is 0.418. The number of sulfonamides is 1. The molecule has 0 saturated heterocycles. The molecule has 3 aromatic rings. The lowest BCUT2D eigenvalue weighted by molar-refractivity contribution is 0.0940. The van der Waals surface area contributed by atoms with E-state index in [-0.39, 0.29) is 22.5 Å². The van der Waals surface area contributed by atoms with Gasteiger partial charge in [-0.2, -0.15) is 0 Å². The van der Waals surface area contributed by atoms with Gasteiger partial charge in [0.2, 0.25) is 0 Å². The Hall–Kier alpha value is -3.59. The van der Waals surface area contributed by atoms with E-state index in [1.54, 1.807) is 0 Å². The first kappa shape index (κ1) is 25.0. The maximum atomic E-state index is 13.1. The average Bonchev–Trinajstić information content (AvgIpc) is 2.81. The number of hydrogen-bond acceptors (Lipinski definition) is 5. The Morgan fingerprint density at radius 2 is 1.53 bits per heavy atom. The largest absolute Gasteiger partial charge is 0.490 e. The number of rotatable bonds is 10. The Labute approximate surface area is 199 Å². The predicted octanol–water partition coefficient (Wildman–Crippen LogP) is 4.91. The zero-order chi connectivity index (χ0) is 24.7. The van der Waals surface area contributed by atoms with Crippen molar-refractivity contribution in [3.8, 4) is 11.5 Å². The van der Waals surface area contributed by atoms with E-state index in [0.717, 1.165) is 17.7 Å². The van der Waals surface area contributed by atoms with Gasteiger partial charge in [0, 0.05) is 11.3 Å². The zero-order valence-electron chi connectivity index (χ0n) is 19.2. The van der Waals surface area contributed by atoms with Crippen LogP contribution in [0.1, 0.15) is 42.7 Å². The number of anilines is 1. The van der Waals surface area contributed by atoms with Crippen molar-refractivity contribution in [2.45, 2.75) is 31.7 Å². The highest BCUT2D eigenvalue weighted by Gasteiger charge is 2.16. The van der Waals surface area contributed by atoms with Gasteiger partial charge in [0.1, 0.15) is 5.82 Å². The number of carbonyl (C=O) groups excluding carboxylic acids is 1. The van der Waals surface area contributed by atoms with Crippen molar-refractivity contribution in [3.63, 3.8) is 0 Å². The number of halogens is 1. The van der Waals surface area contributed by atoms with Crippen molar-refractivity contribution < 1.29 is 27.1 Å². The van der Waals surface area contributed by atoms with Gasteiger partial charge in [0.15, 0.2) is 11.5 Å². The van der Waals surface area contributed by atoms with Crippen LogP contribution < -0.4 is 19.5 Å². The number of nitrogens with one attached hydrogen (secondary N) is 2. The highest BCUT2D eigenvalue weighted by atomic mass is 32.2. The first-order valence-corrected chi connectivity index (χ1v) is 12.3. The van der Waals surface area contributed by atoms with Crippen molar-refractivity contribution in [2.24, 2.45) is 0 Å². The highest BCUT2D eigenvalue weighted by Crippen LogP contribution is 2.31. The molecular weight excluding hydrogens is 459 g/mol. The monoisotopic (exact) mass is 486 g/mol. The van der Waals surface area contributed by atoms with Crippen molar-refractivity contribution >= 4 is 21.6 Å². The Balaban J connectivity index is 1.67. The molecule has 3 rings (SSSR count). The van der Waals surface area contributed by atoms with Crippen LogP contribution in [0.5, 0.6) is 11.5 Å². The minimum atomic E-state index is -3.87. The van der Waals surface area contributed by atoms with Crippen LogP contribution in [0.3, 0.4) is 0 Å². The molecule has 2 N–H and O–H groups in total. The summed E-state index contributed by atoms with van der Waals surface area (Å²) in [4.78, 5) is 12.7. The molecule has 0 bridgehead atoms. The van der Waals surface area contributed by atoms with E-state index < -0.39 is 15.8 Å². The number of amides is 1. The second-order valence-electron chi connectivity index (χ2n) is 7.40. The van der Waals surface area contributed by atoms with E-state index in [0.29, 0.717) is 30.3 Å². The summed E-state index contributed by atoms with van der Waals surface area (Å²) in [5, 5.41) is 2.92. The summed E-state index contributed by atoms with van der Waals surface area (Å²) in [5.41, 5.74) is 1.50. The van der Waals surface area contributed by atoms with Gasteiger partial charge in [-0.1, -0.05) is 6.07 Å². The molecule has 0 unspecified atom stereocenters. The summed E-state index contributed by atoms with van der Waals surface area (Å²) >= 11 is 0. The van der Waals surface area contributed by atoms with Crippen LogP contribution >= 0.6 is 0 Å². The molecule has 9 heteroatoms. The lowest BCUT2D eigenvalue weighted by Gasteiger charge is -2.18. The summed E-state index contributed by atoms with van der Waals surface area (Å²) in [6, 6.07) is 15.7. The number of benzene rings is 3. The third kappa shape index (κ3) is 6.26. The van der Waals surface area contributed by atoms with Crippen LogP contribution in [-0.4, -0.2) is 27.5 Å². The molecule has 0 saturated carbocycles. The normalized spacial score (nSPS) is 12.0. The smallest absolute Gasteiger partial charge is 0.261 e. The molecule has 0 radical (unpaired) electrons. The lowest BCUT2D eigenvalue weighted by Crippen LogP contribution is -2.26. The van der Waals surface area contributed by atoms with Gasteiger partial charge in [-0.3, -0.25) is 9.52 Å². The van der Waals surface area contributed by atoms with Crippen LogP contribution in [0.2, 0.25) is 0 Å². The standard InChI is InChI=1S/C25H27FN2O5S/c1-4-32-23-15-8-19(16-24(23)33-5-2)17(3)27-25(29)18-6-11-21(12-7-18)28-34(30,31)22-13-9-20(26)10-14-22/h6-17,28H,4-5H2,1-3H3,(H,27,29)/t17-/m1/s1. The molecule has 1 atom stereocenters. The van der Waals surface area contributed by atoms with Crippen LogP contribution in [-0.2, 0) is 10.0 Å². The van der Waals surface area contributed by atoms with Crippen molar-refractivity contribution in [3.05, 3.63) is 83.7 Å². The number of ether oxygens (including phenoxy) is 2. The first-order chi connectivity index (χ1) is 16.2. The fourth-order valence-electron chi connectivity index (χ4n) is 3.22. The Morgan fingerprint density at radius 1 is 0.912 bits per heavy atom. The third-order valence-electron chi connectivity index (χ3n) is 4.94. The quantitative estimate of drug-likeness (QED) is 0.425. The molecule has 7 nitrogen and oxygen atoms in total. The van der Waals surface area contributed by atoms with E-state index in [2.05, 4.69) is 10.0 Å². The molecule has 0 heterocycles. The van der Waals surface area contributed by atoms with Crippen LogP contribution in [0.25, 0.3) is 0 Å². The van der Waals surface area contributed by atoms with Gasteiger partial charge >= 0.3 is 0 Å². The number of carbonyl (C=O) groups is 1.